The molecular formula is C23H31F2NO9S. The number of amides is 2. The van der Waals surface area contributed by atoms with Gasteiger partial charge in [0.05, 0.1) is 23.8 Å². The molecule has 3 aliphatic carbocycles. The fraction of sp³-hybridized carbons (Fsp3) is 0.826. The SMILES string of the molecule is CC(=O)N1C(=O)C2C3CC(C(OC(=O)C4CCCCCCC4)C31)C2C(=O)OC(C)C(F)(F)S(=O)(=O)O. The van der Waals surface area contributed by atoms with Gasteiger partial charge in [0.25, 0.3) is 0 Å². The van der Waals surface area contributed by atoms with Gasteiger partial charge in [-0.3, -0.25) is 28.6 Å². The third kappa shape index (κ3) is 4.42. The minimum Gasteiger partial charge on any atom is -0.460 e. The maximum atomic E-state index is 14.0. The second-order valence-corrected chi connectivity index (χ2v) is 11.9. The van der Waals surface area contributed by atoms with E-state index in [4.69, 9.17) is 14.0 Å². The van der Waals surface area contributed by atoms with Gasteiger partial charge < -0.3 is 9.47 Å². The maximum absolute atomic E-state index is 14.0. The summed E-state index contributed by atoms with van der Waals surface area (Å²) in [6, 6.07) is -0.747. The highest BCUT2D eigenvalue weighted by molar-refractivity contribution is 7.86. The number of alkyl halides is 2. The Kier molecular flexibility index (Phi) is 7.19. The normalized spacial score (nSPS) is 33.7. The van der Waals surface area contributed by atoms with Gasteiger partial charge in [-0.05, 0) is 32.1 Å². The number of fused-ring (bicyclic) bond motifs is 1. The molecular weight excluding hydrogens is 504 g/mol. The summed E-state index contributed by atoms with van der Waals surface area (Å²) in [5, 5.41) is -4.77. The van der Waals surface area contributed by atoms with Crippen LogP contribution >= 0.6 is 0 Å². The summed E-state index contributed by atoms with van der Waals surface area (Å²) < 4.78 is 69.5. The number of rotatable bonds is 6. The van der Waals surface area contributed by atoms with Crippen LogP contribution in [0.3, 0.4) is 0 Å². The van der Waals surface area contributed by atoms with Crippen molar-refractivity contribution in [1.82, 2.24) is 4.90 Å². The number of hydrogen-bond acceptors (Lipinski definition) is 8. The Morgan fingerprint density at radius 3 is 2.19 bits per heavy atom. The monoisotopic (exact) mass is 535 g/mol. The number of halogens is 2. The van der Waals surface area contributed by atoms with E-state index in [2.05, 4.69) is 0 Å². The molecule has 3 saturated carbocycles. The van der Waals surface area contributed by atoms with Crippen molar-refractivity contribution in [2.45, 2.75) is 88.7 Å². The molecule has 4 rings (SSSR count). The van der Waals surface area contributed by atoms with Crippen LogP contribution in [0.5, 0.6) is 0 Å². The van der Waals surface area contributed by atoms with Gasteiger partial charge in [-0.15, -0.1) is 0 Å². The van der Waals surface area contributed by atoms with Gasteiger partial charge in [-0.1, -0.05) is 32.1 Å². The van der Waals surface area contributed by atoms with Gasteiger partial charge in [0, 0.05) is 12.8 Å². The molecule has 1 aliphatic heterocycles. The standard InChI is InChI=1S/C23H31F2NO9S/c1-11(23(24,25)36(31,32)33)34-22(30)17-15-10-14-16(17)20(28)26(12(2)27)18(14)19(15)35-21(29)13-8-6-4-3-5-7-9-13/h11,13-19H,3-10H2,1-2H3,(H,31,32,33). The third-order valence-electron chi connectivity index (χ3n) is 8.28. The number of hydrogen-bond donors (Lipinski definition) is 1. The van der Waals surface area contributed by atoms with Crippen LogP contribution in [0.15, 0.2) is 0 Å². The number of carbonyl (C=O) groups is 4. The Bertz CT molecular complexity index is 1040. The highest BCUT2D eigenvalue weighted by Crippen LogP contribution is 2.60. The van der Waals surface area contributed by atoms with Crippen molar-refractivity contribution >= 4 is 33.9 Å². The summed E-state index contributed by atoms with van der Waals surface area (Å²) in [4.78, 5) is 52.6. The number of nitrogens with zero attached hydrogens (tertiary/aromatic N) is 1. The predicted molar refractivity (Wildman–Crippen MR) is 118 cm³/mol. The lowest BCUT2D eigenvalue weighted by Gasteiger charge is -2.34. The minimum atomic E-state index is -5.87. The molecule has 0 radical (unpaired) electrons. The van der Waals surface area contributed by atoms with Crippen LogP contribution in [0, 0.1) is 29.6 Å². The van der Waals surface area contributed by atoms with Crippen molar-refractivity contribution in [1.29, 1.82) is 0 Å². The maximum Gasteiger partial charge on any atom is 0.405 e. The number of likely N-dealkylation sites (tertiary alicyclic amines) is 1. The molecule has 36 heavy (non-hydrogen) atoms. The quantitative estimate of drug-likeness (QED) is 0.400. The zero-order chi connectivity index (χ0) is 26.6. The van der Waals surface area contributed by atoms with E-state index >= 15 is 0 Å². The molecule has 1 heterocycles. The van der Waals surface area contributed by atoms with Crippen LogP contribution in [-0.4, -0.2) is 65.1 Å². The average molecular weight is 536 g/mol. The highest BCUT2D eigenvalue weighted by Gasteiger charge is 2.72. The van der Waals surface area contributed by atoms with E-state index in [0.29, 0.717) is 19.8 Å². The van der Waals surface area contributed by atoms with Gasteiger partial charge in [0.2, 0.25) is 11.8 Å². The fourth-order valence-corrected chi connectivity index (χ4v) is 7.07. The minimum absolute atomic E-state index is 0.246. The molecule has 1 N–H and O–H groups in total. The molecule has 1 saturated heterocycles. The van der Waals surface area contributed by atoms with Crippen LogP contribution in [0.25, 0.3) is 0 Å². The topological polar surface area (TPSA) is 144 Å². The number of imide groups is 1. The smallest absolute Gasteiger partial charge is 0.405 e. The number of esters is 2. The number of carbonyl (C=O) groups excluding carboxylic acids is 4. The van der Waals surface area contributed by atoms with Gasteiger partial charge in [-0.25, -0.2) is 0 Å². The zero-order valence-corrected chi connectivity index (χ0v) is 20.9. The summed E-state index contributed by atoms with van der Waals surface area (Å²) in [6.45, 7) is 1.80. The highest BCUT2D eigenvalue weighted by atomic mass is 32.2. The van der Waals surface area contributed by atoms with Crippen LogP contribution in [0.2, 0.25) is 0 Å². The first kappa shape index (κ1) is 26.9. The summed E-state index contributed by atoms with van der Waals surface area (Å²) in [7, 11) is -5.87. The lowest BCUT2D eigenvalue weighted by atomic mass is 9.78. The first-order valence-electron chi connectivity index (χ1n) is 12.4. The van der Waals surface area contributed by atoms with Crippen LogP contribution in [0.1, 0.15) is 65.2 Å². The second-order valence-electron chi connectivity index (χ2n) is 10.4. The Balaban J connectivity index is 1.58. The first-order valence-corrected chi connectivity index (χ1v) is 13.8. The third-order valence-corrected chi connectivity index (χ3v) is 9.30. The molecule has 4 fully saturated rings. The Morgan fingerprint density at radius 2 is 1.64 bits per heavy atom. The fourth-order valence-electron chi connectivity index (χ4n) is 6.61. The van der Waals surface area contributed by atoms with Crippen molar-refractivity contribution in [3.8, 4) is 0 Å². The van der Waals surface area contributed by atoms with Crippen molar-refractivity contribution in [2.24, 2.45) is 29.6 Å². The van der Waals surface area contributed by atoms with Crippen molar-refractivity contribution < 1.29 is 50.4 Å². The van der Waals surface area contributed by atoms with Gasteiger partial charge in [-0.2, -0.15) is 17.2 Å². The van der Waals surface area contributed by atoms with E-state index in [1.807, 2.05) is 0 Å². The predicted octanol–water partition coefficient (Wildman–Crippen LogP) is 2.31. The second kappa shape index (κ2) is 9.62. The molecule has 7 unspecified atom stereocenters. The Hall–Kier alpha value is -2.15. The summed E-state index contributed by atoms with van der Waals surface area (Å²) in [5.41, 5.74) is 0. The molecule has 7 atom stereocenters. The number of ether oxygens (including phenoxy) is 2. The van der Waals surface area contributed by atoms with Crippen molar-refractivity contribution in [2.75, 3.05) is 0 Å². The van der Waals surface area contributed by atoms with Crippen LogP contribution in [-0.2, 0) is 38.8 Å². The van der Waals surface area contributed by atoms with Crippen molar-refractivity contribution in [3.05, 3.63) is 0 Å². The van der Waals surface area contributed by atoms with Gasteiger partial charge in [0.15, 0.2) is 6.10 Å². The summed E-state index contributed by atoms with van der Waals surface area (Å²) in [5.74, 6) is -6.91. The molecule has 13 heteroatoms. The molecule has 0 aromatic heterocycles. The van der Waals surface area contributed by atoms with Gasteiger partial charge >= 0.3 is 27.3 Å². The van der Waals surface area contributed by atoms with Crippen LogP contribution in [0.4, 0.5) is 8.78 Å². The molecule has 202 valence electrons. The summed E-state index contributed by atoms with van der Waals surface area (Å²) >= 11 is 0. The lowest BCUT2D eigenvalue weighted by molar-refractivity contribution is -0.175. The zero-order valence-electron chi connectivity index (χ0n) is 20.1. The molecule has 0 aromatic rings. The van der Waals surface area contributed by atoms with E-state index in [0.717, 1.165) is 37.0 Å². The largest absolute Gasteiger partial charge is 0.460 e. The molecule has 10 nitrogen and oxygen atoms in total. The first-order chi connectivity index (χ1) is 16.8. The van der Waals surface area contributed by atoms with Gasteiger partial charge in [0.1, 0.15) is 6.10 Å². The van der Waals surface area contributed by atoms with E-state index in [9.17, 15) is 36.4 Å². The molecule has 2 bridgehead atoms. The Labute approximate surface area is 207 Å². The average Bonchev–Trinajstić information content (AvgIpc) is 3.35. The van der Waals surface area contributed by atoms with Crippen LogP contribution < -0.4 is 0 Å². The molecule has 0 spiro atoms. The molecule has 4 aliphatic rings. The lowest BCUT2D eigenvalue weighted by Crippen LogP contribution is -2.49. The van der Waals surface area contributed by atoms with E-state index in [1.165, 1.54) is 6.92 Å². The molecule has 2 amide bonds. The molecule has 0 aromatic carbocycles. The van der Waals surface area contributed by atoms with E-state index in [-0.39, 0.29) is 12.3 Å². The summed E-state index contributed by atoms with van der Waals surface area (Å²) in [6.07, 6.45) is 2.88. The van der Waals surface area contributed by atoms with E-state index < -0.39 is 81.0 Å². The Morgan fingerprint density at radius 1 is 1.06 bits per heavy atom. The van der Waals surface area contributed by atoms with E-state index in [1.54, 1.807) is 0 Å². The van der Waals surface area contributed by atoms with Crippen molar-refractivity contribution in [3.63, 3.8) is 0 Å².